The summed E-state index contributed by atoms with van der Waals surface area (Å²) in [5.74, 6) is 0.822. The molecule has 0 aromatic carbocycles. The molecule has 2 aliphatic heterocycles. The summed E-state index contributed by atoms with van der Waals surface area (Å²) in [6.45, 7) is 10.8. The molecular weight excluding hydrogens is 262 g/mol. The Hall–Kier alpha value is -1.13. The van der Waals surface area contributed by atoms with Crippen molar-refractivity contribution in [1.82, 2.24) is 9.88 Å². The van der Waals surface area contributed by atoms with E-state index < -0.39 is 0 Å². The van der Waals surface area contributed by atoms with E-state index in [9.17, 15) is 0 Å². The van der Waals surface area contributed by atoms with Gasteiger partial charge in [-0.05, 0) is 44.7 Å². The monoisotopic (exact) mass is 289 g/mol. The van der Waals surface area contributed by atoms with E-state index in [1.165, 1.54) is 31.6 Å². The third-order valence-electron chi connectivity index (χ3n) is 5.09. The fraction of sp³-hybridized carbons (Fsp3) is 0.706. The van der Waals surface area contributed by atoms with Crippen molar-refractivity contribution >= 4 is 5.69 Å². The minimum atomic E-state index is 0.690. The van der Waals surface area contributed by atoms with E-state index in [0.717, 1.165) is 37.9 Å². The van der Waals surface area contributed by atoms with Crippen molar-refractivity contribution in [2.45, 2.75) is 32.7 Å². The molecule has 0 spiro atoms. The molecule has 1 aromatic heterocycles. The molecule has 0 amide bonds. The molecule has 1 aromatic rings. The summed E-state index contributed by atoms with van der Waals surface area (Å²) in [5.41, 5.74) is 2.44. The standard InChI is InChI=1S/C17H27N3O/c1-14-13-17(3-6-18-14)20-7-4-16(5-8-20)15(2)19-9-11-21-12-10-19/h3,6,13,15-16H,4-5,7-12H2,1-2H3/t15-/m0/s1. The number of ether oxygens (including phenoxy) is 1. The average Bonchev–Trinajstić information content (AvgIpc) is 2.55. The molecule has 4 heteroatoms. The van der Waals surface area contributed by atoms with E-state index >= 15 is 0 Å². The Morgan fingerprint density at radius 3 is 2.57 bits per heavy atom. The molecule has 21 heavy (non-hydrogen) atoms. The molecule has 116 valence electrons. The highest BCUT2D eigenvalue weighted by molar-refractivity contribution is 5.46. The first-order valence-corrected chi connectivity index (χ1v) is 8.23. The van der Waals surface area contributed by atoms with Crippen LogP contribution in [0.5, 0.6) is 0 Å². The van der Waals surface area contributed by atoms with Crippen LogP contribution in [0.1, 0.15) is 25.5 Å². The molecule has 2 saturated heterocycles. The van der Waals surface area contributed by atoms with Gasteiger partial charge in [0.1, 0.15) is 0 Å². The van der Waals surface area contributed by atoms with Gasteiger partial charge in [-0.25, -0.2) is 0 Å². The van der Waals surface area contributed by atoms with Crippen molar-refractivity contribution in [3.63, 3.8) is 0 Å². The molecular formula is C17H27N3O. The van der Waals surface area contributed by atoms with Crippen LogP contribution in [-0.2, 0) is 4.74 Å². The van der Waals surface area contributed by atoms with Crippen LogP contribution in [0.3, 0.4) is 0 Å². The molecule has 0 bridgehead atoms. The summed E-state index contributed by atoms with van der Waals surface area (Å²) in [6.07, 6.45) is 4.51. The summed E-state index contributed by atoms with van der Waals surface area (Å²) in [6, 6.07) is 5.03. The van der Waals surface area contributed by atoms with E-state index in [4.69, 9.17) is 4.74 Å². The number of aryl methyl sites for hydroxylation is 1. The quantitative estimate of drug-likeness (QED) is 0.854. The Morgan fingerprint density at radius 1 is 1.19 bits per heavy atom. The highest BCUT2D eigenvalue weighted by Gasteiger charge is 2.28. The predicted octanol–water partition coefficient (Wildman–Crippen LogP) is 2.33. The molecule has 0 N–H and O–H groups in total. The molecule has 3 heterocycles. The Morgan fingerprint density at radius 2 is 1.90 bits per heavy atom. The number of anilines is 1. The molecule has 0 radical (unpaired) electrons. The van der Waals surface area contributed by atoms with Crippen molar-refractivity contribution in [3.8, 4) is 0 Å². The Labute approximate surface area is 128 Å². The first-order chi connectivity index (χ1) is 10.2. The molecule has 3 rings (SSSR count). The lowest BCUT2D eigenvalue weighted by molar-refractivity contribution is 0.00449. The molecule has 0 aliphatic carbocycles. The summed E-state index contributed by atoms with van der Waals surface area (Å²) in [7, 11) is 0. The molecule has 1 atom stereocenters. The smallest absolute Gasteiger partial charge is 0.0594 e. The number of hydrogen-bond donors (Lipinski definition) is 0. The molecule has 2 fully saturated rings. The number of nitrogens with zero attached hydrogens (tertiary/aromatic N) is 3. The van der Waals surface area contributed by atoms with Crippen LogP contribution in [0, 0.1) is 12.8 Å². The second-order valence-corrected chi connectivity index (χ2v) is 6.37. The molecule has 0 unspecified atom stereocenters. The van der Waals surface area contributed by atoms with Crippen LogP contribution in [0.2, 0.25) is 0 Å². The zero-order chi connectivity index (χ0) is 14.7. The lowest BCUT2D eigenvalue weighted by Gasteiger charge is -2.41. The highest BCUT2D eigenvalue weighted by Crippen LogP contribution is 2.27. The average molecular weight is 289 g/mol. The van der Waals surface area contributed by atoms with Gasteiger partial charge in [0.05, 0.1) is 13.2 Å². The number of piperidine rings is 1. The van der Waals surface area contributed by atoms with Gasteiger partial charge in [-0.2, -0.15) is 0 Å². The minimum absolute atomic E-state index is 0.690. The minimum Gasteiger partial charge on any atom is -0.379 e. The van der Waals surface area contributed by atoms with Crippen LogP contribution in [0.15, 0.2) is 18.3 Å². The highest BCUT2D eigenvalue weighted by atomic mass is 16.5. The Bertz CT molecular complexity index is 451. The number of rotatable bonds is 3. The van der Waals surface area contributed by atoms with Gasteiger partial charge in [0.2, 0.25) is 0 Å². The second kappa shape index (κ2) is 6.75. The van der Waals surface area contributed by atoms with Gasteiger partial charge in [-0.1, -0.05) is 0 Å². The van der Waals surface area contributed by atoms with E-state index in [1.54, 1.807) is 0 Å². The summed E-state index contributed by atoms with van der Waals surface area (Å²) in [4.78, 5) is 9.42. The van der Waals surface area contributed by atoms with Gasteiger partial charge in [0.15, 0.2) is 0 Å². The normalized spacial score (nSPS) is 23.2. The largest absolute Gasteiger partial charge is 0.379 e. The summed E-state index contributed by atoms with van der Waals surface area (Å²) < 4.78 is 5.47. The molecule has 0 saturated carbocycles. The number of pyridine rings is 1. The van der Waals surface area contributed by atoms with Crippen molar-refractivity contribution in [2.24, 2.45) is 5.92 Å². The number of hydrogen-bond acceptors (Lipinski definition) is 4. The Balaban J connectivity index is 1.54. The van der Waals surface area contributed by atoms with E-state index in [0.29, 0.717) is 6.04 Å². The zero-order valence-electron chi connectivity index (χ0n) is 13.3. The fourth-order valence-corrected chi connectivity index (χ4v) is 3.65. The maximum atomic E-state index is 5.47. The van der Waals surface area contributed by atoms with Crippen LogP contribution in [0.25, 0.3) is 0 Å². The number of aromatic nitrogens is 1. The number of morpholine rings is 1. The van der Waals surface area contributed by atoms with Crippen molar-refractivity contribution in [1.29, 1.82) is 0 Å². The van der Waals surface area contributed by atoms with Gasteiger partial charge in [0.25, 0.3) is 0 Å². The third kappa shape index (κ3) is 3.55. The van der Waals surface area contributed by atoms with Gasteiger partial charge in [-0.3, -0.25) is 9.88 Å². The van der Waals surface area contributed by atoms with Crippen molar-refractivity contribution < 1.29 is 4.74 Å². The zero-order valence-corrected chi connectivity index (χ0v) is 13.3. The topological polar surface area (TPSA) is 28.6 Å². The first kappa shape index (κ1) is 14.8. The van der Waals surface area contributed by atoms with Crippen LogP contribution in [0.4, 0.5) is 5.69 Å². The van der Waals surface area contributed by atoms with Crippen LogP contribution >= 0.6 is 0 Å². The van der Waals surface area contributed by atoms with Gasteiger partial charge < -0.3 is 9.64 Å². The van der Waals surface area contributed by atoms with Gasteiger partial charge in [0, 0.05) is 49.8 Å². The van der Waals surface area contributed by atoms with Crippen molar-refractivity contribution in [3.05, 3.63) is 24.0 Å². The Kier molecular flexibility index (Phi) is 4.76. The van der Waals surface area contributed by atoms with Crippen LogP contribution < -0.4 is 4.90 Å². The van der Waals surface area contributed by atoms with E-state index in [2.05, 4.69) is 40.8 Å². The second-order valence-electron chi connectivity index (χ2n) is 6.37. The van der Waals surface area contributed by atoms with Gasteiger partial charge >= 0.3 is 0 Å². The third-order valence-corrected chi connectivity index (χ3v) is 5.09. The lowest BCUT2D eigenvalue weighted by Crippen LogP contribution is -2.48. The SMILES string of the molecule is Cc1cc(N2CCC([C@H](C)N3CCOCC3)CC2)ccn1. The fourth-order valence-electron chi connectivity index (χ4n) is 3.65. The van der Waals surface area contributed by atoms with Crippen LogP contribution in [-0.4, -0.2) is 55.3 Å². The van der Waals surface area contributed by atoms with Crippen molar-refractivity contribution in [2.75, 3.05) is 44.3 Å². The first-order valence-electron chi connectivity index (χ1n) is 8.23. The predicted molar refractivity (Wildman–Crippen MR) is 85.8 cm³/mol. The summed E-state index contributed by atoms with van der Waals surface area (Å²) >= 11 is 0. The maximum Gasteiger partial charge on any atom is 0.0594 e. The van der Waals surface area contributed by atoms with E-state index in [1.807, 2.05) is 6.20 Å². The molecule has 2 aliphatic rings. The maximum absolute atomic E-state index is 5.47. The molecule has 4 nitrogen and oxygen atoms in total. The van der Waals surface area contributed by atoms with E-state index in [-0.39, 0.29) is 0 Å². The summed E-state index contributed by atoms with van der Waals surface area (Å²) in [5, 5.41) is 0. The van der Waals surface area contributed by atoms with Gasteiger partial charge in [-0.15, -0.1) is 0 Å². The lowest BCUT2D eigenvalue weighted by atomic mass is 9.89.